The molecule has 1 aliphatic rings. The SMILES string of the molecule is CCN(CC)S(=O)(=O)c1cccc(C(=O)N[C@H](C(=O)N2CCCCC2)C(C)C)c1. The zero-order chi connectivity index (χ0) is 21.6. The summed E-state index contributed by atoms with van der Waals surface area (Å²) in [5.41, 5.74) is 0.232. The van der Waals surface area contributed by atoms with Gasteiger partial charge < -0.3 is 10.2 Å². The first kappa shape index (κ1) is 23.3. The first-order valence-corrected chi connectivity index (χ1v) is 11.9. The molecule has 2 rings (SSSR count). The zero-order valence-electron chi connectivity index (χ0n) is 17.8. The van der Waals surface area contributed by atoms with E-state index in [1.54, 1.807) is 26.0 Å². The van der Waals surface area contributed by atoms with Gasteiger partial charge in [0.1, 0.15) is 6.04 Å². The summed E-state index contributed by atoms with van der Waals surface area (Å²) >= 11 is 0. The second-order valence-electron chi connectivity index (χ2n) is 7.70. The van der Waals surface area contributed by atoms with E-state index in [-0.39, 0.29) is 22.3 Å². The van der Waals surface area contributed by atoms with Gasteiger partial charge in [-0.05, 0) is 43.4 Å². The molecular formula is C21H33N3O4S. The lowest BCUT2D eigenvalue weighted by molar-refractivity contribution is -0.135. The summed E-state index contributed by atoms with van der Waals surface area (Å²) < 4.78 is 26.8. The predicted molar refractivity (Wildman–Crippen MR) is 113 cm³/mol. The molecular weight excluding hydrogens is 390 g/mol. The molecule has 1 aromatic carbocycles. The Bertz CT molecular complexity index is 813. The zero-order valence-corrected chi connectivity index (χ0v) is 18.7. The van der Waals surface area contributed by atoms with Crippen LogP contribution in [0.1, 0.15) is 57.3 Å². The van der Waals surface area contributed by atoms with E-state index in [0.29, 0.717) is 13.1 Å². The fourth-order valence-corrected chi connectivity index (χ4v) is 5.06. The number of carbonyl (C=O) groups excluding carboxylic acids is 2. The van der Waals surface area contributed by atoms with E-state index in [2.05, 4.69) is 5.32 Å². The second kappa shape index (κ2) is 10.2. The summed E-state index contributed by atoms with van der Waals surface area (Å²) in [6.07, 6.45) is 3.09. The molecule has 0 saturated carbocycles. The second-order valence-corrected chi connectivity index (χ2v) is 9.64. The van der Waals surface area contributed by atoms with Crippen LogP contribution in [-0.2, 0) is 14.8 Å². The fourth-order valence-electron chi connectivity index (χ4n) is 3.56. The van der Waals surface area contributed by atoms with Crippen LogP contribution >= 0.6 is 0 Å². The van der Waals surface area contributed by atoms with E-state index in [1.807, 2.05) is 18.7 Å². The normalized spacial score (nSPS) is 16.1. The van der Waals surface area contributed by atoms with Gasteiger partial charge in [-0.15, -0.1) is 0 Å². The van der Waals surface area contributed by atoms with Gasteiger partial charge in [0.05, 0.1) is 4.90 Å². The summed E-state index contributed by atoms with van der Waals surface area (Å²) in [4.78, 5) is 27.6. The van der Waals surface area contributed by atoms with Crippen LogP contribution < -0.4 is 5.32 Å². The highest BCUT2D eigenvalue weighted by atomic mass is 32.2. The van der Waals surface area contributed by atoms with Crippen LogP contribution in [0, 0.1) is 5.92 Å². The number of amides is 2. The van der Waals surface area contributed by atoms with E-state index >= 15 is 0 Å². The average Bonchev–Trinajstić information content (AvgIpc) is 2.72. The Kier molecular flexibility index (Phi) is 8.22. The van der Waals surface area contributed by atoms with E-state index in [4.69, 9.17) is 0 Å². The van der Waals surface area contributed by atoms with Crippen LogP contribution in [0.5, 0.6) is 0 Å². The van der Waals surface area contributed by atoms with Crippen LogP contribution in [0.2, 0.25) is 0 Å². The van der Waals surface area contributed by atoms with E-state index in [9.17, 15) is 18.0 Å². The molecule has 8 heteroatoms. The van der Waals surface area contributed by atoms with E-state index in [0.717, 1.165) is 32.4 Å². The average molecular weight is 424 g/mol. The number of hydrogen-bond donors (Lipinski definition) is 1. The highest BCUT2D eigenvalue weighted by Crippen LogP contribution is 2.18. The monoisotopic (exact) mass is 423 g/mol. The Hall–Kier alpha value is -1.93. The van der Waals surface area contributed by atoms with Crippen molar-refractivity contribution in [3.63, 3.8) is 0 Å². The number of benzene rings is 1. The highest BCUT2D eigenvalue weighted by molar-refractivity contribution is 7.89. The van der Waals surface area contributed by atoms with Crippen LogP contribution in [-0.4, -0.2) is 61.7 Å². The van der Waals surface area contributed by atoms with Crippen molar-refractivity contribution in [1.82, 2.24) is 14.5 Å². The summed E-state index contributed by atoms with van der Waals surface area (Å²) in [6.45, 7) is 9.49. The number of piperidine rings is 1. The van der Waals surface area contributed by atoms with Crippen LogP contribution in [0.3, 0.4) is 0 Å². The fraction of sp³-hybridized carbons (Fsp3) is 0.619. The van der Waals surface area contributed by atoms with Crippen molar-refractivity contribution in [2.45, 2.75) is 57.9 Å². The third-order valence-electron chi connectivity index (χ3n) is 5.33. The number of hydrogen-bond acceptors (Lipinski definition) is 4. The van der Waals surface area contributed by atoms with Crippen LogP contribution in [0.15, 0.2) is 29.2 Å². The molecule has 7 nitrogen and oxygen atoms in total. The molecule has 2 amide bonds. The van der Waals surface area contributed by atoms with E-state index < -0.39 is 22.0 Å². The molecule has 1 saturated heterocycles. The predicted octanol–water partition coefficient (Wildman–Crippen LogP) is 2.48. The first-order chi connectivity index (χ1) is 13.7. The van der Waals surface area contributed by atoms with E-state index in [1.165, 1.54) is 16.4 Å². The summed E-state index contributed by atoms with van der Waals surface area (Å²) in [5.74, 6) is -0.582. The number of likely N-dealkylation sites (tertiary alicyclic amines) is 1. The van der Waals surface area contributed by atoms with Crippen molar-refractivity contribution in [1.29, 1.82) is 0 Å². The number of rotatable bonds is 8. The molecule has 0 radical (unpaired) electrons. The lowest BCUT2D eigenvalue weighted by Gasteiger charge is -2.32. The molecule has 0 aromatic heterocycles. The number of sulfonamides is 1. The van der Waals surface area contributed by atoms with Gasteiger partial charge in [-0.25, -0.2) is 8.42 Å². The molecule has 1 fully saturated rings. The smallest absolute Gasteiger partial charge is 0.251 e. The molecule has 1 aromatic rings. The van der Waals surface area contributed by atoms with Gasteiger partial charge in [-0.3, -0.25) is 9.59 Å². The van der Waals surface area contributed by atoms with Gasteiger partial charge in [0.25, 0.3) is 5.91 Å². The lowest BCUT2D eigenvalue weighted by atomic mass is 10.0. The van der Waals surface area contributed by atoms with Crippen molar-refractivity contribution < 1.29 is 18.0 Å². The molecule has 1 heterocycles. The first-order valence-electron chi connectivity index (χ1n) is 10.4. The number of nitrogens with zero attached hydrogens (tertiary/aromatic N) is 2. The number of carbonyl (C=O) groups is 2. The van der Waals surface area contributed by atoms with Crippen molar-refractivity contribution in [2.24, 2.45) is 5.92 Å². The molecule has 0 spiro atoms. The minimum atomic E-state index is -3.66. The van der Waals surface area contributed by atoms with Gasteiger partial charge in [-0.2, -0.15) is 4.31 Å². The standard InChI is InChI=1S/C21H33N3O4S/c1-5-24(6-2)29(27,28)18-12-10-11-17(15-18)20(25)22-19(16(3)4)21(26)23-13-8-7-9-14-23/h10-12,15-16,19H,5-9,13-14H2,1-4H3,(H,22,25)/t19-/m0/s1. The van der Waals surface area contributed by atoms with Gasteiger partial charge in [0.15, 0.2) is 0 Å². The van der Waals surface area contributed by atoms with Crippen molar-refractivity contribution in [3.05, 3.63) is 29.8 Å². The largest absolute Gasteiger partial charge is 0.341 e. The highest BCUT2D eigenvalue weighted by Gasteiger charge is 2.30. The van der Waals surface area contributed by atoms with Gasteiger partial charge in [0.2, 0.25) is 15.9 Å². The topological polar surface area (TPSA) is 86.8 Å². The summed E-state index contributed by atoms with van der Waals surface area (Å²) in [7, 11) is -3.66. The maximum Gasteiger partial charge on any atom is 0.251 e. The Balaban J connectivity index is 2.21. The van der Waals surface area contributed by atoms with Gasteiger partial charge in [-0.1, -0.05) is 33.8 Å². The van der Waals surface area contributed by atoms with Crippen molar-refractivity contribution in [2.75, 3.05) is 26.2 Å². The maximum atomic E-state index is 12.9. The summed E-state index contributed by atoms with van der Waals surface area (Å²) in [5, 5.41) is 2.83. The quantitative estimate of drug-likeness (QED) is 0.696. The number of nitrogens with one attached hydrogen (secondary N) is 1. The van der Waals surface area contributed by atoms with Crippen LogP contribution in [0.25, 0.3) is 0 Å². The maximum absolute atomic E-state index is 12.9. The lowest BCUT2D eigenvalue weighted by Crippen LogP contribution is -2.52. The minimum Gasteiger partial charge on any atom is -0.341 e. The molecule has 0 aliphatic carbocycles. The van der Waals surface area contributed by atoms with Gasteiger partial charge >= 0.3 is 0 Å². The van der Waals surface area contributed by atoms with Crippen molar-refractivity contribution in [3.8, 4) is 0 Å². The molecule has 1 N–H and O–H groups in total. The third kappa shape index (κ3) is 5.57. The Morgan fingerprint density at radius 1 is 1.10 bits per heavy atom. The van der Waals surface area contributed by atoms with Gasteiger partial charge in [0, 0.05) is 31.7 Å². The summed E-state index contributed by atoms with van der Waals surface area (Å²) in [6, 6.07) is 5.36. The molecule has 1 atom stereocenters. The molecule has 29 heavy (non-hydrogen) atoms. The van der Waals surface area contributed by atoms with Crippen molar-refractivity contribution >= 4 is 21.8 Å². The third-order valence-corrected chi connectivity index (χ3v) is 7.37. The molecule has 0 bridgehead atoms. The molecule has 162 valence electrons. The van der Waals surface area contributed by atoms with Crippen LogP contribution in [0.4, 0.5) is 0 Å². The molecule has 1 aliphatic heterocycles. The minimum absolute atomic E-state index is 0.0695. The Morgan fingerprint density at radius 2 is 1.72 bits per heavy atom. The molecule has 0 unspecified atom stereocenters. The Labute approximate surface area is 174 Å². The Morgan fingerprint density at radius 3 is 2.28 bits per heavy atom.